The van der Waals surface area contributed by atoms with Crippen molar-refractivity contribution in [3.8, 4) is 0 Å². The van der Waals surface area contributed by atoms with E-state index in [4.69, 9.17) is 9.57 Å². The molecule has 0 heterocycles. The van der Waals surface area contributed by atoms with E-state index >= 15 is 0 Å². The molecule has 0 N–H and O–H groups in total. The Balaban J connectivity index is 4.38. The molecule has 0 aromatic rings. The molecule has 0 saturated heterocycles. The molecule has 0 rings (SSSR count). The zero-order valence-electron chi connectivity index (χ0n) is 32.7. The first-order valence-electron chi connectivity index (χ1n) is 20.7. The van der Waals surface area contributed by atoms with Crippen LogP contribution in [0.4, 0.5) is 0 Å². The highest BCUT2D eigenvalue weighted by molar-refractivity contribution is 4.72. The predicted molar refractivity (Wildman–Crippen MR) is 202 cm³/mol. The number of unbranched alkanes of at least 4 members (excludes halogenated alkanes) is 22. The van der Waals surface area contributed by atoms with Crippen molar-refractivity contribution in [2.24, 2.45) is 5.92 Å². The van der Waals surface area contributed by atoms with E-state index in [1.54, 1.807) is 0 Å². The SMILES string of the molecule is CCCCCCCCCCCCCCC(CCCCCCCCCCCCCC)ON(C)C(C)CCC(C)(C)OCCC(C)C. The van der Waals surface area contributed by atoms with E-state index < -0.39 is 0 Å². The fourth-order valence-corrected chi connectivity index (χ4v) is 6.40. The maximum atomic E-state index is 6.68. The van der Waals surface area contributed by atoms with Gasteiger partial charge in [0.2, 0.25) is 0 Å². The topological polar surface area (TPSA) is 21.7 Å². The lowest BCUT2D eigenvalue weighted by molar-refractivity contribution is -0.208. The van der Waals surface area contributed by atoms with Gasteiger partial charge < -0.3 is 4.74 Å². The van der Waals surface area contributed by atoms with Gasteiger partial charge in [0.25, 0.3) is 0 Å². The summed E-state index contributed by atoms with van der Waals surface area (Å²) in [5.41, 5.74) is -0.0620. The summed E-state index contributed by atoms with van der Waals surface area (Å²) in [5.74, 6) is 0.700. The molecular weight excluding hydrogens is 550 g/mol. The highest BCUT2D eigenvalue weighted by Gasteiger charge is 2.22. The number of hydrogen-bond acceptors (Lipinski definition) is 3. The van der Waals surface area contributed by atoms with Gasteiger partial charge >= 0.3 is 0 Å². The second kappa shape index (κ2) is 32.4. The zero-order valence-corrected chi connectivity index (χ0v) is 32.7. The Morgan fingerprint density at radius 2 is 0.844 bits per heavy atom. The molecule has 0 aliphatic heterocycles. The number of hydrogen-bond donors (Lipinski definition) is 0. The summed E-state index contributed by atoms with van der Waals surface area (Å²) in [6.07, 6.45) is 40.0. The second-order valence-corrected chi connectivity index (χ2v) is 15.8. The monoisotopic (exact) mass is 638 g/mol. The van der Waals surface area contributed by atoms with Crippen LogP contribution in [0.25, 0.3) is 0 Å². The van der Waals surface area contributed by atoms with Crippen LogP contribution < -0.4 is 0 Å². The van der Waals surface area contributed by atoms with Crippen molar-refractivity contribution in [3.63, 3.8) is 0 Å². The number of nitrogens with zero attached hydrogens (tertiary/aromatic N) is 1. The minimum absolute atomic E-state index is 0.0620. The van der Waals surface area contributed by atoms with Crippen molar-refractivity contribution in [2.75, 3.05) is 13.7 Å². The lowest BCUT2D eigenvalue weighted by Crippen LogP contribution is -2.36. The van der Waals surface area contributed by atoms with Crippen LogP contribution in [0.3, 0.4) is 0 Å². The fraction of sp³-hybridized carbons (Fsp3) is 1.00. The third-order valence-corrected chi connectivity index (χ3v) is 10.0. The molecule has 0 fully saturated rings. The van der Waals surface area contributed by atoms with Crippen LogP contribution in [-0.4, -0.2) is 36.5 Å². The van der Waals surface area contributed by atoms with Crippen LogP contribution in [0.15, 0.2) is 0 Å². The van der Waals surface area contributed by atoms with E-state index in [1.165, 1.54) is 167 Å². The number of hydroxylamine groups is 2. The number of rotatable bonds is 36. The fourth-order valence-electron chi connectivity index (χ4n) is 6.40. The first-order chi connectivity index (χ1) is 21.7. The maximum Gasteiger partial charge on any atom is 0.0793 e. The zero-order chi connectivity index (χ0) is 33.4. The first kappa shape index (κ1) is 44.9. The summed E-state index contributed by atoms with van der Waals surface area (Å²) in [6, 6.07) is 0.407. The highest BCUT2D eigenvalue weighted by Crippen LogP contribution is 2.23. The van der Waals surface area contributed by atoms with Gasteiger partial charge in [0, 0.05) is 19.7 Å². The van der Waals surface area contributed by atoms with Gasteiger partial charge in [-0.3, -0.25) is 4.84 Å². The largest absolute Gasteiger partial charge is 0.376 e. The molecule has 0 aromatic carbocycles. The van der Waals surface area contributed by atoms with Gasteiger partial charge in [-0.2, -0.15) is 5.06 Å². The van der Waals surface area contributed by atoms with E-state index in [1.807, 2.05) is 0 Å². The summed E-state index contributed by atoms with van der Waals surface area (Å²) >= 11 is 0. The lowest BCUT2D eigenvalue weighted by Gasteiger charge is -2.32. The predicted octanol–water partition coefficient (Wildman–Crippen LogP) is 14.4. The first-order valence-corrected chi connectivity index (χ1v) is 20.7. The molecule has 0 spiro atoms. The van der Waals surface area contributed by atoms with E-state index in [-0.39, 0.29) is 5.60 Å². The molecule has 0 aliphatic rings. The molecule has 0 aliphatic carbocycles. The Bertz CT molecular complexity index is 549. The Morgan fingerprint density at radius 1 is 0.489 bits per heavy atom. The molecule has 0 bridgehead atoms. The second-order valence-electron chi connectivity index (χ2n) is 15.8. The maximum absolute atomic E-state index is 6.68. The molecular formula is C42H87NO2. The van der Waals surface area contributed by atoms with Gasteiger partial charge in [-0.15, -0.1) is 0 Å². The Morgan fingerprint density at radius 3 is 1.20 bits per heavy atom. The average molecular weight is 638 g/mol. The van der Waals surface area contributed by atoms with Crippen LogP contribution in [0, 0.1) is 5.92 Å². The summed E-state index contributed by atoms with van der Waals surface area (Å²) in [7, 11) is 2.18. The summed E-state index contributed by atoms with van der Waals surface area (Å²) in [6.45, 7) is 16.9. The van der Waals surface area contributed by atoms with Crippen molar-refractivity contribution in [1.29, 1.82) is 0 Å². The van der Waals surface area contributed by atoms with Crippen molar-refractivity contribution in [2.45, 2.75) is 252 Å². The van der Waals surface area contributed by atoms with Crippen LogP contribution in [-0.2, 0) is 9.57 Å². The highest BCUT2D eigenvalue weighted by atomic mass is 16.7. The van der Waals surface area contributed by atoms with Gasteiger partial charge in [-0.05, 0) is 58.8 Å². The molecule has 3 heteroatoms. The minimum Gasteiger partial charge on any atom is -0.376 e. The van der Waals surface area contributed by atoms with Crippen molar-refractivity contribution in [3.05, 3.63) is 0 Å². The Kier molecular flexibility index (Phi) is 32.3. The van der Waals surface area contributed by atoms with E-state index in [0.717, 1.165) is 25.9 Å². The van der Waals surface area contributed by atoms with E-state index in [2.05, 4.69) is 60.6 Å². The smallest absolute Gasteiger partial charge is 0.0793 e. The third-order valence-electron chi connectivity index (χ3n) is 10.0. The van der Waals surface area contributed by atoms with Gasteiger partial charge in [0.15, 0.2) is 0 Å². The molecule has 0 amide bonds. The summed E-state index contributed by atoms with van der Waals surface area (Å²) < 4.78 is 6.25. The van der Waals surface area contributed by atoms with Crippen molar-refractivity contribution in [1.82, 2.24) is 5.06 Å². The molecule has 1 atom stereocenters. The lowest BCUT2D eigenvalue weighted by atomic mass is 9.99. The molecule has 1 unspecified atom stereocenters. The van der Waals surface area contributed by atoms with Gasteiger partial charge in [0.05, 0.1) is 11.7 Å². The van der Waals surface area contributed by atoms with Gasteiger partial charge in [0.1, 0.15) is 0 Å². The molecule has 272 valence electrons. The Labute approximate surface area is 286 Å². The third kappa shape index (κ3) is 32.2. The standard InChI is InChI=1S/C42H87NO2/c1-9-11-13-15-17-19-21-23-25-27-29-31-33-41(34-32-30-28-26-24-22-20-18-16-14-12-10-2)45-43(8)40(5)35-37-42(6,7)44-38-36-39(3)4/h39-41H,9-38H2,1-8H3. The quantitative estimate of drug-likeness (QED) is 0.0504. The molecule has 45 heavy (non-hydrogen) atoms. The van der Waals surface area contributed by atoms with Crippen molar-refractivity contribution < 1.29 is 9.57 Å². The van der Waals surface area contributed by atoms with E-state index in [0.29, 0.717) is 18.1 Å². The van der Waals surface area contributed by atoms with Crippen LogP contribution in [0.1, 0.15) is 235 Å². The molecule has 0 saturated carbocycles. The average Bonchev–Trinajstić information content (AvgIpc) is 3.00. The normalized spacial score (nSPS) is 13.1. The van der Waals surface area contributed by atoms with Gasteiger partial charge in [-0.25, -0.2) is 0 Å². The molecule has 0 aromatic heterocycles. The van der Waals surface area contributed by atoms with Crippen LogP contribution in [0.5, 0.6) is 0 Å². The van der Waals surface area contributed by atoms with Gasteiger partial charge in [-0.1, -0.05) is 182 Å². The summed E-state index contributed by atoms with van der Waals surface area (Å²) in [4.78, 5) is 6.68. The van der Waals surface area contributed by atoms with Crippen molar-refractivity contribution >= 4 is 0 Å². The minimum atomic E-state index is -0.0620. The van der Waals surface area contributed by atoms with Crippen LogP contribution >= 0.6 is 0 Å². The van der Waals surface area contributed by atoms with E-state index in [9.17, 15) is 0 Å². The molecule has 0 radical (unpaired) electrons. The number of ether oxygens (including phenoxy) is 1. The summed E-state index contributed by atoms with van der Waals surface area (Å²) in [5, 5.41) is 2.19. The Hall–Kier alpha value is -0.120. The molecule has 3 nitrogen and oxygen atoms in total. The van der Waals surface area contributed by atoms with Crippen LogP contribution in [0.2, 0.25) is 0 Å².